The van der Waals surface area contributed by atoms with Gasteiger partial charge in [-0.3, -0.25) is 4.79 Å². The Balaban J connectivity index is 2.42. The monoisotopic (exact) mass is 230 g/mol. The van der Waals surface area contributed by atoms with Crippen LogP contribution in [0.25, 0.3) is 0 Å². The number of nitrogens with zero attached hydrogens (tertiary/aromatic N) is 1. The highest BCUT2D eigenvalue weighted by atomic mass is 19.2. The maximum Gasteiger partial charge on any atom is 0.228 e. The van der Waals surface area contributed by atoms with E-state index in [1.165, 1.54) is 0 Å². The van der Waals surface area contributed by atoms with Crippen LogP contribution in [0.4, 0.5) is 18.9 Å². The predicted molar refractivity (Wildman–Crippen MR) is 51.3 cm³/mol. The fraction of sp³-hybridized carbons (Fsp3) is 0.300. The van der Waals surface area contributed by atoms with Crippen LogP contribution in [-0.4, -0.2) is 18.5 Å². The van der Waals surface area contributed by atoms with Gasteiger partial charge in [-0.1, -0.05) is 0 Å². The van der Waals surface area contributed by atoms with Gasteiger partial charge in [0.1, 0.15) is 0 Å². The Morgan fingerprint density at radius 1 is 1.25 bits per heavy atom. The molecular formula is C10H9F3N2O. The summed E-state index contributed by atoms with van der Waals surface area (Å²) in [5.74, 6) is -4.61. The van der Waals surface area contributed by atoms with Crippen LogP contribution in [0, 0.1) is 17.5 Å². The molecule has 1 fully saturated rings. The van der Waals surface area contributed by atoms with Crippen molar-refractivity contribution in [1.29, 1.82) is 0 Å². The average Bonchev–Trinajstić information content (AvgIpc) is 2.55. The predicted octanol–water partition coefficient (Wildman–Crippen LogP) is 1.17. The molecule has 0 bridgehead atoms. The molecule has 1 amide bonds. The third-order valence-corrected chi connectivity index (χ3v) is 2.46. The largest absolute Gasteiger partial charge is 0.326 e. The molecule has 2 rings (SSSR count). The Morgan fingerprint density at radius 3 is 2.50 bits per heavy atom. The van der Waals surface area contributed by atoms with Gasteiger partial charge in [-0.25, -0.2) is 13.2 Å². The molecule has 0 radical (unpaired) electrons. The molecule has 1 aliphatic heterocycles. The number of carbonyl (C=O) groups excluding carboxylic acids is 1. The van der Waals surface area contributed by atoms with E-state index in [2.05, 4.69) is 0 Å². The normalized spacial score (nSPS) is 20.6. The van der Waals surface area contributed by atoms with Gasteiger partial charge in [0.15, 0.2) is 17.5 Å². The molecule has 0 saturated carbocycles. The third kappa shape index (κ3) is 1.65. The van der Waals surface area contributed by atoms with E-state index in [1.807, 2.05) is 0 Å². The molecule has 1 aliphatic rings. The zero-order valence-corrected chi connectivity index (χ0v) is 8.21. The first-order valence-corrected chi connectivity index (χ1v) is 4.70. The molecule has 2 N–H and O–H groups in total. The third-order valence-electron chi connectivity index (χ3n) is 2.46. The molecule has 16 heavy (non-hydrogen) atoms. The minimum atomic E-state index is -1.58. The van der Waals surface area contributed by atoms with Crippen LogP contribution in [0.1, 0.15) is 6.42 Å². The van der Waals surface area contributed by atoms with Crippen molar-refractivity contribution in [2.75, 3.05) is 11.4 Å². The minimum absolute atomic E-state index is 0.0818. The maximum absolute atomic E-state index is 13.4. The van der Waals surface area contributed by atoms with Crippen molar-refractivity contribution in [3.05, 3.63) is 29.6 Å². The topological polar surface area (TPSA) is 46.3 Å². The molecule has 3 nitrogen and oxygen atoms in total. The second-order valence-corrected chi connectivity index (χ2v) is 3.66. The second-order valence-electron chi connectivity index (χ2n) is 3.66. The number of anilines is 1. The molecule has 0 spiro atoms. The zero-order chi connectivity index (χ0) is 11.9. The molecule has 1 aromatic carbocycles. The average molecular weight is 230 g/mol. The smallest absolute Gasteiger partial charge is 0.228 e. The molecule has 1 unspecified atom stereocenters. The van der Waals surface area contributed by atoms with Crippen LogP contribution in [0.3, 0.4) is 0 Å². The highest BCUT2D eigenvalue weighted by molar-refractivity contribution is 5.96. The number of hydrogen-bond acceptors (Lipinski definition) is 2. The lowest BCUT2D eigenvalue weighted by atomic mass is 10.2. The lowest BCUT2D eigenvalue weighted by molar-refractivity contribution is -0.117. The lowest BCUT2D eigenvalue weighted by Crippen LogP contribution is -2.29. The molecule has 86 valence electrons. The molecule has 1 heterocycles. The molecule has 1 saturated heterocycles. The molecule has 1 atom stereocenters. The van der Waals surface area contributed by atoms with Gasteiger partial charge in [0, 0.05) is 19.0 Å². The van der Waals surface area contributed by atoms with E-state index in [0.29, 0.717) is 0 Å². The summed E-state index contributed by atoms with van der Waals surface area (Å²) in [6, 6.07) is 1.41. The quantitative estimate of drug-likeness (QED) is 0.736. The molecule has 0 aromatic heterocycles. The van der Waals surface area contributed by atoms with Crippen LogP contribution < -0.4 is 10.6 Å². The number of amides is 1. The van der Waals surface area contributed by atoms with Gasteiger partial charge in [-0.15, -0.1) is 0 Å². The van der Waals surface area contributed by atoms with Gasteiger partial charge >= 0.3 is 0 Å². The Morgan fingerprint density at radius 2 is 1.94 bits per heavy atom. The standard InChI is InChI=1S/C10H9F3N2O/c11-6-1-2-7(10(13)9(6)12)15-4-5(14)3-8(15)16/h1-2,5H,3-4,14H2. The SMILES string of the molecule is NC1CC(=O)N(c2ccc(F)c(F)c2F)C1. The number of nitrogens with two attached hydrogens (primary N) is 1. The van der Waals surface area contributed by atoms with Crippen LogP contribution in [0.5, 0.6) is 0 Å². The maximum atomic E-state index is 13.4. The summed E-state index contributed by atoms with van der Waals surface area (Å²) in [5.41, 5.74) is 5.25. The first-order chi connectivity index (χ1) is 7.50. The summed E-state index contributed by atoms with van der Waals surface area (Å²) in [6.45, 7) is 0.112. The Bertz CT molecular complexity index is 450. The van der Waals surface area contributed by atoms with Gasteiger partial charge in [-0.05, 0) is 12.1 Å². The second kappa shape index (κ2) is 3.79. The van der Waals surface area contributed by atoms with E-state index in [1.54, 1.807) is 0 Å². The van der Waals surface area contributed by atoms with Crippen molar-refractivity contribution in [2.24, 2.45) is 5.73 Å². The van der Waals surface area contributed by atoms with Crippen LogP contribution in [0.2, 0.25) is 0 Å². The highest BCUT2D eigenvalue weighted by Crippen LogP contribution is 2.26. The first-order valence-electron chi connectivity index (χ1n) is 4.70. The van der Waals surface area contributed by atoms with Crippen LogP contribution in [-0.2, 0) is 4.79 Å². The van der Waals surface area contributed by atoms with Gasteiger partial charge < -0.3 is 10.6 Å². The first kappa shape index (κ1) is 10.9. The number of rotatable bonds is 1. The minimum Gasteiger partial charge on any atom is -0.326 e. The van der Waals surface area contributed by atoms with Crippen molar-refractivity contribution in [3.8, 4) is 0 Å². The summed E-state index contributed by atoms with van der Waals surface area (Å²) < 4.78 is 39.0. The Labute approximate surface area is 89.6 Å². The van der Waals surface area contributed by atoms with E-state index in [0.717, 1.165) is 17.0 Å². The van der Waals surface area contributed by atoms with E-state index >= 15 is 0 Å². The van der Waals surface area contributed by atoms with Crippen molar-refractivity contribution in [2.45, 2.75) is 12.5 Å². The lowest BCUT2D eigenvalue weighted by Gasteiger charge is -2.17. The number of benzene rings is 1. The summed E-state index contributed by atoms with van der Waals surface area (Å²) in [7, 11) is 0. The summed E-state index contributed by atoms with van der Waals surface area (Å²) in [4.78, 5) is 12.4. The van der Waals surface area contributed by atoms with Crippen molar-refractivity contribution in [1.82, 2.24) is 0 Å². The fourth-order valence-electron chi connectivity index (χ4n) is 1.69. The molecule has 6 heteroatoms. The molecule has 0 aliphatic carbocycles. The summed E-state index contributed by atoms with van der Waals surface area (Å²) in [5, 5.41) is 0. The number of halogens is 3. The van der Waals surface area contributed by atoms with Gasteiger partial charge in [-0.2, -0.15) is 0 Å². The Hall–Kier alpha value is -1.56. The zero-order valence-electron chi connectivity index (χ0n) is 8.21. The van der Waals surface area contributed by atoms with E-state index < -0.39 is 29.4 Å². The molecular weight excluding hydrogens is 221 g/mol. The summed E-state index contributed by atoms with van der Waals surface area (Å²) >= 11 is 0. The van der Waals surface area contributed by atoms with Crippen LogP contribution in [0.15, 0.2) is 12.1 Å². The van der Waals surface area contributed by atoms with Crippen molar-refractivity contribution >= 4 is 11.6 Å². The Kier molecular flexibility index (Phi) is 2.59. The van der Waals surface area contributed by atoms with Gasteiger partial charge in [0.05, 0.1) is 5.69 Å². The number of carbonyl (C=O) groups is 1. The molecule has 1 aromatic rings. The van der Waals surface area contributed by atoms with Gasteiger partial charge in [0.25, 0.3) is 0 Å². The van der Waals surface area contributed by atoms with Crippen molar-refractivity contribution in [3.63, 3.8) is 0 Å². The van der Waals surface area contributed by atoms with Crippen LogP contribution >= 0.6 is 0 Å². The van der Waals surface area contributed by atoms with E-state index in [4.69, 9.17) is 5.73 Å². The van der Waals surface area contributed by atoms with E-state index in [9.17, 15) is 18.0 Å². The number of hydrogen-bond donors (Lipinski definition) is 1. The summed E-state index contributed by atoms with van der Waals surface area (Å²) in [6.07, 6.45) is 0.0818. The van der Waals surface area contributed by atoms with E-state index in [-0.39, 0.29) is 18.7 Å². The highest BCUT2D eigenvalue weighted by Gasteiger charge is 2.31. The van der Waals surface area contributed by atoms with Crippen molar-refractivity contribution < 1.29 is 18.0 Å². The van der Waals surface area contributed by atoms with Gasteiger partial charge in [0.2, 0.25) is 5.91 Å². The fourth-order valence-corrected chi connectivity index (χ4v) is 1.69.